The van der Waals surface area contributed by atoms with Gasteiger partial charge in [0.15, 0.2) is 4.87 Å². The van der Waals surface area contributed by atoms with Crippen molar-refractivity contribution >= 4 is 28.4 Å². The Labute approximate surface area is 118 Å². The number of halogens is 4. The van der Waals surface area contributed by atoms with Crippen molar-refractivity contribution in [1.82, 2.24) is 0 Å². The van der Waals surface area contributed by atoms with Gasteiger partial charge in [-0.2, -0.15) is 0 Å². The molecule has 1 nitrogen and oxygen atoms in total. The quantitative estimate of drug-likeness (QED) is 0.613. The molecule has 0 aliphatic rings. The minimum atomic E-state index is -1.66. The Bertz CT molecular complexity index is 548. The topological polar surface area (TPSA) is 17.1 Å². The second-order valence-electron chi connectivity index (χ2n) is 3.95. The summed E-state index contributed by atoms with van der Waals surface area (Å²) in [5.74, 6) is -0.909. The van der Waals surface area contributed by atoms with Crippen LogP contribution in [0.5, 0.6) is 0 Å². The number of rotatable bonds is 3. The van der Waals surface area contributed by atoms with Gasteiger partial charge in [-0.1, -0.05) is 35.9 Å². The molecule has 0 aliphatic carbocycles. The molecule has 0 heterocycles. The molecule has 0 saturated carbocycles. The van der Waals surface area contributed by atoms with Crippen LogP contribution in [0, 0.1) is 11.6 Å². The number of alkyl halides is 1. The summed E-state index contributed by atoms with van der Waals surface area (Å²) in [6, 6.07) is 10.2. The number of hydrogen-bond donors (Lipinski definition) is 0. The zero-order valence-corrected chi connectivity index (χ0v) is 11.1. The summed E-state index contributed by atoms with van der Waals surface area (Å²) in [6.45, 7) is 0. The Morgan fingerprint density at radius 3 is 1.42 bits per heavy atom. The first-order valence-electron chi connectivity index (χ1n) is 5.35. The highest BCUT2D eigenvalue weighted by atomic mass is 35.5. The molecule has 0 N–H and O–H groups in total. The van der Waals surface area contributed by atoms with Crippen LogP contribution in [-0.2, 0) is 9.67 Å². The van der Waals surface area contributed by atoms with Crippen molar-refractivity contribution in [3.8, 4) is 0 Å². The van der Waals surface area contributed by atoms with E-state index in [9.17, 15) is 13.6 Å². The van der Waals surface area contributed by atoms with E-state index in [1.165, 1.54) is 48.5 Å². The fraction of sp³-hybridized carbons (Fsp3) is 0.0714. The number of hydrogen-bond acceptors (Lipinski definition) is 1. The third-order valence-corrected chi connectivity index (χ3v) is 3.74. The minimum Gasteiger partial charge on any atom is -0.278 e. The molecule has 2 rings (SSSR count). The van der Waals surface area contributed by atoms with Gasteiger partial charge in [-0.3, -0.25) is 4.79 Å². The predicted molar refractivity (Wildman–Crippen MR) is 70.3 cm³/mol. The number of carbonyl (C=O) groups excluding carboxylic acids is 1. The van der Waals surface area contributed by atoms with Gasteiger partial charge in [0.1, 0.15) is 11.6 Å². The first-order chi connectivity index (χ1) is 8.94. The highest BCUT2D eigenvalue weighted by Gasteiger charge is 2.39. The van der Waals surface area contributed by atoms with E-state index in [0.717, 1.165) is 0 Å². The Morgan fingerprint density at radius 1 is 0.842 bits per heavy atom. The van der Waals surface area contributed by atoms with Crippen molar-refractivity contribution < 1.29 is 13.6 Å². The summed E-state index contributed by atoms with van der Waals surface area (Å²) in [4.78, 5) is 10.0. The molecule has 2 aromatic rings. The van der Waals surface area contributed by atoms with Crippen molar-refractivity contribution in [2.24, 2.45) is 0 Å². The van der Waals surface area contributed by atoms with Crippen LogP contribution in [-0.4, -0.2) is 5.24 Å². The summed E-state index contributed by atoms with van der Waals surface area (Å²) in [7, 11) is 0. The SMILES string of the molecule is O=C(Cl)C(Cl)(c1ccc(F)cc1)c1ccc(F)cc1. The van der Waals surface area contributed by atoms with Crippen molar-refractivity contribution in [2.75, 3.05) is 0 Å². The first kappa shape index (κ1) is 14.0. The molecular formula is C14H8Cl2F2O. The van der Waals surface area contributed by atoms with E-state index in [1.54, 1.807) is 0 Å². The zero-order valence-electron chi connectivity index (χ0n) is 9.54. The molecule has 0 radical (unpaired) electrons. The van der Waals surface area contributed by atoms with Gasteiger partial charge < -0.3 is 0 Å². The van der Waals surface area contributed by atoms with Gasteiger partial charge in [0.05, 0.1) is 0 Å². The van der Waals surface area contributed by atoms with Crippen LogP contribution >= 0.6 is 23.2 Å². The first-order valence-corrected chi connectivity index (χ1v) is 6.11. The molecule has 0 aromatic heterocycles. The molecular weight excluding hydrogens is 293 g/mol. The molecule has 0 amide bonds. The van der Waals surface area contributed by atoms with Crippen molar-refractivity contribution in [2.45, 2.75) is 4.87 Å². The van der Waals surface area contributed by atoms with Gasteiger partial charge in [0, 0.05) is 0 Å². The van der Waals surface area contributed by atoms with Gasteiger partial charge in [-0.05, 0) is 47.0 Å². The monoisotopic (exact) mass is 300 g/mol. The molecule has 0 atom stereocenters. The second-order valence-corrected chi connectivity index (χ2v) is 4.86. The number of benzene rings is 2. The lowest BCUT2D eigenvalue weighted by Crippen LogP contribution is -2.27. The van der Waals surface area contributed by atoms with Crippen LogP contribution in [0.25, 0.3) is 0 Å². The van der Waals surface area contributed by atoms with E-state index in [0.29, 0.717) is 11.1 Å². The van der Waals surface area contributed by atoms with Crippen LogP contribution < -0.4 is 0 Å². The van der Waals surface area contributed by atoms with E-state index in [1.807, 2.05) is 0 Å². The maximum absolute atomic E-state index is 12.9. The lowest BCUT2D eigenvalue weighted by atomic mass is 9.91. The molecule has 0 saturated heterocycles. The molecule has 19 heavy (non-hydrogen) atoms. The third kappa shape index (κ3) is 2.62. The van der Waals surface area contributed by atoms with Gasteiger partial charge in [-0.15, -0.1) is 0 Å². The molecule has 0 fully saturated rings. The molecule has 5 heteroatoms. The second kappa shape index (κ2) is 5.27. The molecule has 2 aromatic carbocycles. The standard InChI is InChI=1S/C14H8Cl2F2O/c15-13(19)14(16,9-1-5-11(17)6-2-9)10-3-7-12(18)8-4-10/h1-8H. The average Bonchev–Trinajstić information content (AvgIpc) is 2.39. The van der Waals surface area contributed by atoms with Gasteiger partial charge >= 0.3 is 0 Å². The summed E-state index contributed by atoms with van der Waals surface area (Å²) < 4.78 is 25.8. The Morgan fingerprint density at radius 2 is 1.16 bits per heavy atom. The van der Waals surface area contributed by atoms with Crippen LogP contribution in [0.4, 0.5) is 8.78 Å². The summed E-state index contributed by atoms with van der Waals surface area (Å²) >= 11 is 11.9. The maximum atomic E-state index is 12.9. The Balaban J connectivity index is 2.57. The minimum absolute atomic E-state index is 0.321. The summed E-state index contributed by atoms with van der Waals surface area (Å²) in [5, 5.41) is -0.840. The molecule has 0 bridgehead atoms. The van der Waals surface area contributed by atoms with E-state index < -0.39 is 21.8 Å². The third-order valence-electron chi connectivity index (χ3n) is 2.75. The van der Waals surface area contributed by atoms with Crippen molar-refractivity contribution in [3.05, 3.63) is 71.3 Å². The maximum Gasteiger partial charge on any atom is 0.251 e. The van der Waals surface area contributed by atoms with E-state index in [4.69, 9.17) is 23.2 Å². The van der Waals surface area contributed by atoms with Crippen LogP contribution in [0.3, 0.4) is 0 Å². The molecule has 98 valence electrons. The van der Waals surface area contributed by atoms with Crippen molar-refractivity contribution in [3.63, 3.8) is 0 Å². The van der Waals surface area contributed by atoms with Crippen LogP contribution in [0.15, 0.2) is 48.5 Å². The van der Waals surface area contributed by atoms with Crippen LogP contribution in [0.2, 0.25) is 0 Å². The Kier molecular flexibility index (Phi) is 3.88. The smallest absolute Gasteiger partial charge is 0.251 e. The lowest BCUT2D eigenvalue weighted by Gasteiger charge is -2.24. The lowest BCUT2D eigenvalue weighted by molar-refractivity contribution is -0.113. The summed E-state index contributed by atoms with van der Waals surface area (Å²) in [5.41, 5.74) is 0.643. The van der Waals surface area contributed by atoms with Gasteiger partial charge in [0.2, 0.25) is 0 Å². The van der Waals surface area contributed by atoms with E-state index in [-0.39, 0.29) is 0 Å². The average molecular weight is 301 g/mol. The molecule has 0 unspecified atom stereocenters. The zero-order chi connectivity index (χ0) is 14.0. The van der Waals surface area contributed by atoms with E-state index in [2.05, 4.69) is 0 Å². The van der Waals surface area contributed by atoms with Gasteiger partial charge in [-0.25, -0.2) is 8.78 Å². The van der Waals surface area contributed by atoms with E-state index >= 15 is 0 Å². The highest BCUT2D eigenvalue weighted by molar-refractivity contribution is 6.71. The summed E-state index contributed by atoms with van der Waals surface area (Å²) in [6.07, 6.45) is 0. The normalized spacial score (nSPS) is 11.4. The van der Waals surface area contributed by atoms with Crippen LogP contribution in [0.1, 0.15) is 11.1 Å². The van der Waals surface area contributed by atoms with Gasteiger partial charge in [0.25, 0.3) is 5.24 Å². The van der Waals surface area contributed by atoms with Crippen molar-refractivity contribution in [1.29, 1.82) is 0 Å². The Hall–Kier alpha value is -1.45. The molecule has 0 spiro atoms. The molecule has 0 aliphatic heterocycles. The largest absolute Gasteiger partial charge is 0.278 e. The fourth-order valence-corrected chi connectivity index (χ4v) is 2.22. The number of carbonyl (C=O) groups is 1. The predicted octanol–water partition coefficient (Wildman–Crippen LogP) is 4.21. The highest BCUT2D eigenvalue weighted by Crippen LogP contribution is 2.39. The fourth-order valence-electron chi connectivity index (χ4n) is 1.75.